The molecule has 0 radical (unpaired) electrons. The van der Waals surface area contributed by atoms with Crippen molar-refractivity contribution in [3.05, 3.63) is 87.3 Å². The number of carbonyl (C=O) groups excluding carboxylic acids is 2. The van der Waals surface area contributed by atoms with Crippen LogP contribution < -0.4 is 19.9 Å². The van der Waals surface area contributed by atoms with Crippen molar-refractivity contribution >= 4 is 40.9 Å². The molecule has 0 atom stereocenters. The van der Waals surface area contributed by atoms with Crippen LogP contribution in [-0.2, 0) is 24.2 Å². The predicted molar refractivity (Wildman–Crippen MR) is 247 cm³/mol. The number of nitrogens with one attached hydrogen (secondary N) is 1. The van der Waals surface area contributed by atoms with Crippen LogP contribution in [0.2, 0.25) is 5.02 Å². The van der Waals surface area contributed by atoms with Gasteiger partial charge in [-0.15, -0.1) is 0 Å². The molecule has 4 aliphatic heterocycles. The zero-order valence-corrected chi connectivity index (χ0v) is 38.9. The van der Waals surface area contributed by atoms with E-state index >= 15 is 0 Å². The number of ether oxygens (including phenoxy) is 1. The zero-order chi connectivity index (χ0) is 45.4. The monoisotopic (exact) mass is 895 g/mol. The van der Waals surface area contributed by atoms with Crippen LogP contribution in [0.5, 0.6) is 5.75 Å². The van der Waals surface area contributed by atoms with Gasteiger partial charge < -0.3 is 29.7 Å². The number of anilines is 3. The summed E-state index contributed by atoms with van der Waals surface area (Å²) in [7, 11) is 0. The lowest BCUT2D eigenvalue weighted by atomic mass is 9.49. The number of nitrogens with zero attached hydrogens (tertiary/aromatic N) is 10. The van der Waals surface area contributed by atoms with Gasteiger partial charge in [0.25, 0.3) is 5.91 Å². The molecule has 0 unspecified atom stereocenters. The van der Waals surface area contributed by atoms with Gasteiger partial charge in [-0.2, -0.15) is 15.6 Å². The van der Waals surface area contributed by atoms with Gasteiger partial charge >= 0.3 is 0 Å². The van der Waals surface area contributed by atoms with Crippen molar-refractivity contribution in [3.8, 4) is 17.9 Å². The molecular weight excluding hydrogens is 838 g/mol. The van der Waals surface area contributed by atoms with Gasteiger partial charge in [-0.05, 0) is 85.8 Å². The highest BCUT2D eigenvalue weighted by Gasteiger charge is 2.64. The van der Waals surface area contributed by atoms with Crippen LogP contribution >= 0.6 is 11.6 Å². The average Bonchev–Trinajstić information content (AvgIpc) is 3.65. The Labute approximate surface area is 386 Å². The minimum absolute atomic E-state index is 0.105. The van der Waals surface area contributed by atoms with Crippen LogP contribution in [0.25, 0.3) is 0 Å². The summed E-state index contributed by atoms with van der Waals surface area (Å²) in [6.07, 6.45) is 10.3. The number of aryl methyl sites for hydroxylation is 1. The van der Waals surface area contributed by atoms with Crippen LogP contribution in [0, 0.1) is 44.8 Å². The third kappa shape index (κ3) is 7.66. The van der Waals surface area contributed by atoms with Gasteiger partial charge in [-0.3, -0.25) is 14.3 Å². The summed E-state index contributed by atoms with van der Waals surface area (Å²) >= 11 is 6.27. The van der Waals surface area contributed by atoms with Gasteiger partial charge in [-0.25, -0.2) is 9.97 Å². The van der Waals surface area contributed by atoms with Crippen molar-refractivity contribution in [2.45, 2.75) is 104 Å². The first-order chi connectivity index (χ1) is 31.2. The van der Waals surface area contributed by atoms with Crippen LogP contribution in [0.15, 0.2) is 48.8 Å². The number of likely N-dealkylation sites (tertiary alicyclic amines) is 1. The number of amides is 2. The Morgan fingerprint density at radius 2 is 1.68 bits per heavy atom. The van der Waals surface area contributed by atoms with Crippen LogP contribution in [-0.4, -0.2) is 99.3 Å². The Morgan fingerprint density at radius 3 is 2.35 bits per heavy atom. The number of fused-ring (bicyclic) bond motifs is 2. The van der Waals surface area contributed by atoms with Crippen molar-refractivity contribution in [2.75, 3.05) is 55.6 Å². The SMILES string of the molecule is CC(=O)N1CCc2c(c(N3CCCc4cc(C#N)ccc43)nn2C2CC3(C2)CN(CC2CCN(c4ncc(C(=O)NC5C(C)(C)C(Oc6ccc(C#N)c(Cl)c6)C5(C)C)cn4)CC2)C3)C1. The number of aromatic nitrogens is 4. The molecule has 2 saturated heterocycles. The molecule has 2 aromatic carbocycles. The fraction of sp³-hybridized carbons (Fsp3) is 0.540. The molecule has 2 saturated carbocycles. The number of hydrogen-bond acceptors (Lipinski definition) is 11. The van der Waals surface area contributed by atoms with Gasteiger partial charge in [0, 0.05) is 111 Å². The summed E-state index contributed by atoms with van der Waals surface area (Å²) in [6.45, 7) is 17.4. The first-order valence-corrected chi connectivity index (χ1v) is 23.7. The number of piperidine rings is 1. The molecule has 10 rings (SSSR count). The maximum atomic E-state index is 13.5. The highest BCUT2D eigenvalue weighted by molar-refractivity contribution is 6.31. The maximum Gasteiger partial charge on any atom is 0.254 e. The summed E-state index contributed by atoms with van der Waals surface area (Å²) < 4.78 is 8.73. The van der Waals surface area contributed by atoms with Gasteiger partial charge in [0.15, 0.2) is 5.82 Å². The van der Waals surface area contributed by atoms with Crippen molar-refractivity contribution in [1.82, 2.24) is 34.9 Å². The Hall–Kier alpha value is -5.70. The molecule has 2 aromatic heterocycles. The Balaban J connectivity index is 0.704. The van der Waals surface area contributed by atoms with Crippen LogP contribution in [0.3, 0.4) is 0 Å². The lowest BCUT2D eigenvalue weighted by Gasteiger charge is -2.63. The second-order valence-electron chi connectivity index (χ2n) is 20.8. The Morgan fingerprint density at radius 1 is 0.938 bits per heavy atom. The fourth-order valence-corrected chi connectivity index (χ4v) is 12.8. The largest absolute Gasteiger partial charge is 0.489 e. The minimum atomic E-state index is -0.374. The second-order valence-corrected chi connectivity index (χ2v) is 21.2. The Bertz CT molecular complexity index is 2590. The summed E-state index contributed by atoms with van der Waals surface area (Å²) in [5.41, 5.74) is 5.93. The lowest BCUT2D eigenvalue weighted by molar-refractivity contribution is -0.164. The van der Waals surface area contributed by atoms with Gasteiger partial charge in [-0.1, -0.05) is 39.3 Å². The molecule has 6 heterocycles. The summed E-state index contributed by atoms with van der Waals surface area (Å²) in [5, 5.41) is 27.8. The van der Waals surface area contributed by atoms with Gasteiger partial charge in [0.05, 0.1) is 40.4 Å². The van der Waals surface area contributed by atoms with E-state index in [1.54, 1.807) is 37.5 Å². The minimum Gasteiger partial charge on any atom is -0.489 e. The zero-order valence-electron chi connectivity index (χ0n) is 38.1. The van der Waals surface area contributed by atoms with Gasteiger partial charge in [0.1, 0.15) is 17.9 Å². The number of halogens is 1. The Kier molecular flexibility index (Phi) is 10.8. The molecule has 2 amide bonds. The highest BCUT2D eigenvalue weighted by Crippen LogP contribution is 2.57. The van der Waals surface area contributed by atoms with Crippen molar-refractivity contribution in [3.63, 3.8) is 0 Å². The number of hydrogen-bond donors (Lipinski definition) is 1. The van der Waals surface area contributed by atoms with E-state index in [0.29, 0.717) is 57.3 Å². The molecule has 15 heteroatoms. The molecule has 0 bridgehead atoms. The van der Waals surface area contributed by atoms with Crippen LogP contribution in [0.4, 0.5) is 17.5 Å². The molecule has 1 spiro atoms. The van der Waals surface area contributed by atoms with E-state index in [0.717, 1.165) is 102 Å². The maximum absolute atomic E-state index is 13.5. The lowest BCUT2D eigenvalue weighted by Crippen LogP contribution is -2.74. The van der Waals surface area contributed by atoms with Crippen molar-refractivity contribution in [2.24, 2.45) is 22.2 Å². The smallest absolute Gasteiger partial charge is 0.254 e. The first kappa shape index (κ1) is 43.2. The number of carbonyl (C=O) groups is 2. The summed E-state index contributed by atoms with van der Waals surface area (Å²) in [5.74, 6) is 2.77. The molecular formula is C50H58ClN11O3. The van der Waals surface area contributed by atoms with E-state index in [1.165, 1.54) is 16.8 Å². The fourth-order valence-electron chi connectivity index (χ4n) is 12.6. The molecule has 2 aliphatic carbocycles. The standard InChI is InChI=1S/C50H58ClN11O3/c1-31(63)60-18-14-42-39(28-60)43(61-15-6-7-34-19-33(23-52)8-11-41(34)61)57-62(42)37-21-50(22-37)29-58(30-50)27-32-12-16-59(17-13-32)47-54-25-36(26-55-47)44(64)56-45-48(2,3)46(49(45,4)5)65-38-10-9-35(24-53)40(51)20-38/h8-11,19-20,25-26,32,37,45-46H,6-7,12-18,21-22,27-30H2,1-5H3,(H,56,64). The average molecular weight is 897 g/mol. The van der Waals surface area contributed by atoms with E-state index < -0.39 is 0 Å². The topological polar surface area (TPSA) is 160 Å². The van der Waals surface area contributed by atoms with E-state index in [4.69, 9.17) is 21.4 Å². The molecule has 338 valence electrons. The van der Waals surface area contributed by atoms with E-state index in [-0.39, 0.29) is 34.8 Å². The van der Waals surface area contributed by atoms with E-state index in [9.17, 15) is 20.1 Å². The van der Waals surface area contributed by atoms with E-state index in [1.807, 2.05) is 17.0 Å². The van der Waals surface area contributed by atoms with Crippen molar-refractivity contribution in [1.29, 1.82) is 10.5 Å². The van der Waals surface area contributed by atoms with Crippen LogP contribution in [0.1, 0.15) is 111 Å². The molecule has 4 fully saturated rings. The second kappa shape index (κ2) is 16.3. The molecule has 6 aliphatic rings. The van der Waals surface area contributed by atoms with E-state index in [2.05, 4.69) is 80.6 Å². The highest BCUT2D eigenvalue weighted by atomic mass is 35.5. The number of rotatable bonds is 9. The van der Waals surface area contributed by atoms with Crippen molar-refractivity contribution < 1.29 is 14.3 Å². The molecule has 1 N–H and O–H groups in total. The third-order valence-electron chi connectivity index (χ3n) is 15.6. The van der Waals surface area contributed by atoms with Gasteiger partial charge in [0.2, 0.25) is 11.9 Å². The number of nitriles is 2. The summed E-state index contributed by atoms with van der Waals surface area (Å²) in [6, 6.07) is 15.7. The first-order valence-electron chi connectivity index (χ1n) is 23.3. The molecule has 4 aromatic rings. The number of benzene rings is 2. The predicted octanol–water partition coefficient (Wildman–Crippen LogP) is 7.22. The quantitative estimate of drug-likeness (QED) is 0.181. The molecule has 65 heavy (non-hydrogen) atoms. The third-order valence-corrected chi connectivity index (χ3v) is 16.0. The normalized spacial score (nSPS) is 23.2. The molecule has 14 nitrogen and oxygen atoms in total. The summed E-state index contributed by atoms with van der Waals surface area (Å²) in [4.78, 5) is 44.5.